The van der Waals surface area contributed by atoms with Crippen molar-refractivity contribution in [1.29, 1.82) is 0 Å². The van der Waals surface area contributed by atoms with Crippen molar-refractivity contribution in [3.63, 3.8) is 0 Å². The molecule has 0 fully saturated rings. The molecule has 8 heteroatoms. The van der Waals surface area contributed by atoms with Gasteiger partial charge in [-0.05, 0) is 35.9 Å². The van der Waals surface area contributed by atoms with Gasteiger partial charge in [-0.3, -0.25) is 4.79 Å². The number of para-hydroxylation sites is 1. The summed E-state index contributed by atoms with van der Waals surface area (Å²) in [5.41, 5.74) is 0.956. The Morgan fingerprint density at radius 2 is 1.55 bits per heavy atom. The second kappa shape index (κ2) is 8.68. The minimum atomic E-state index is -3.83. The molecule has 3 rings (SSSR count). The first-order valence-electron chi connectivity index (χ1n) is 8.64. The van der Waals surface area contributed by atoms with Crippen LogP contribution in [0.2, 0.25) is 0 Å². The summed E-state index contributed by atoms with van der Waals surface area (Å²) in [5, 5.41) is 11.7. The maximum absolute atomic E-state index is 12.6. The van der Waals surface area contributed by atoms with Gasteiger partial charge in [-0.25, -0.2) is 17.9 Å². The fourth-order valence-electron chi connectivity index (χ4n) is 2.64. The van der Waals surface area contributed by atoms with Crippen molar-refractivity contribution in [2.24, 2.45) is 0 Å². The number of amides is 1. The lowest BCUT2D eigenvalue weighted by molar-refractivity contribution is 0.0698. The van der Waals surface area contributed by atoms with Crippen molar-refractivity contribution < 1.29 is 23.1 Å². The van der Waals surface area contributed by atoms with Crippen LogP contribution in [0.4, 0.5) is 5.69 Å². The minimum Gasteiger partial charge on any atom is -0.478 e. The number of hydrogen-bond donors (Lipinski definition) is 3. The fourth-order valence-corrected chi connectivity index (χ4v) is 3.70. The summed E-state index contributed by atoms with van der Waals surface area (Å²) < 4.78 is 27.6. The van der Waals surface area contributed by atoms with Gasteiger partial charge in [0.25, 0.3) is 5.91 Å². The van der Waals surface area contributed by atoms with Crippen LogP contribution in [-0.4, -0.2) is 25.4 Å². The third kappa shape index (κ3) is 5.07. The summed E-state index contributed by atoms with van der Waals surface area (Å²) in [6, 6.07) is 20.6. The molecule has 0 aliphatic heterocycles. The Balaban J connectivity index is 1.78. The summed E-state index contributed by atoms with van der Waals surface area (Å²) in [6.45, 7) is 0.117. The van der Waals surface area contributed by atoms with Gasteiger partial charge < -0.3 is 10.4 Å². The highest BCUT2D eigenvalue weighted by Gasteiger charge is 2.17. The molecule has 0 aliphatic rings. The minimum absolute atomic E-state index is 0.0610. The third-order valence-electron chi connectivity index (χ3n) is 4.12. The van der Waals surface area contributed by atoms with Crippen molar-refractivity contribution in [3.8, 4) is 0 Å². The van der Waals surface area contributed by atoms with Gasteiger partial charge in [0, 0.05) is 12.1 Å². The number of carboxylic acid groups (broad SMARTS) is 1. The number of anilines is 1. The molecular weight excluding hydrogens is 392 g/mol. The van der Waals surface area contributed by atoms with Crippen LogP contribution < -0.4 is 10.0 Å². The molecule has 148 valence electrons. The molecule has 0 saturated carbocycles. The first-order valence-corrected chi connectivity index (χ1v) is 10.1. The highest BCUT2D eigenvalue weighted by Crippen LogP contribution is 2.18. The molecule has 3 aromatic carbocycles. The van der Waals surface area contributed by atoms with Crippen LogP contribution in [0.15, 0.2) is 83.8 Å². The molecule has 3 N–H and O–H groups in total. The Bertz CT molecular complexity index is 1140. The maximum Gasteiger partial charge on any atom is 0.337 e. The van der Waals surface area contributed by atoms with E-state index in [4.69, 9.17) is 0 Å². The predicted octanol–water partition coefficient (Wildman–Crippen LogP) is 3.12. The molecule has 0 aliphatic carbocycles. The van der Waals surface area contributed by atoms with Crippen LogP contribution in [0.5, 0.6) is 0 Å². The zero-order valence-electron chi connectivity index (χ0n) is 15.2. The molecule has 29 heavy (non-hydrogen) atoms. The van der Waals surface area contributed by atoms with E-state index >= 15 is 0 Å². The lowest BCUT2D eigenvalue weighted by Gasteiger charge is -2.10. The average Bonchev–Trinajstić information content (AvgIpc) is 2.73. The Morgan fingerprint density at radius 1 is 0.862 bits per heavy atom. The lowest BCUT2D eigenvalue weighted by atomic mass is 10.1. The number of rotatable bonds is 7. The van der Waals surface area contributed by atoms with E-state index in [2.05, 4.69) is 10.0 Å². The number of sulfonamides is 1. The second-order valence-electron chi connectivity index (χ2n) is 6.14. The van der Waals surface area contributed by atoms with Gasteiger partial charge >= 0.3 is 5.97 Å². The maximum atomic E-state index is 12.6. The number of carbonyl (C=O) groups excluding carboxylic acids is 1. The molecule has 3 aromatic rings. The van der Waals surface area contributed by atoms with Crippen LogP contribution >= 0.6 is 0 Å². The topological polar surface area (TPSA) is 113 Å². The van der Waals surface area contributed by atoms with Gasteiger partial charge in [-0.15, -0.1) is 0 Å². The smallest absolute Gasteiger partial charge is 0.337 e. The molecule has 1 amide bonds. The Kier molecular flexibility index (Phi) is 6.06. The summed E-state index contributed by atoms with van der Waals surface area (Å²) in [4.78, 5) is 23.7. The Hall–Kier alpha value is -3.49. The van der Waals surface area contributed by atoms with Crippen molar-refractivity contribution in [1.82, 2.24) is 4.72 Å². The summed E-state index contributed by atoms with van der Waals surface area (Å²) >= 11 is 0. The number of benzene rings is 3. The SMILES string of the molecule is O=C(Nc1ccccc1C(=O)O)c1cccc(S(=O)(=O)NCc2ccccc2)c1. The van der Waals surface area contributed by atoms with E-state index in [-0.39, 0.29) is 28.3 Å². The molecule has 0 spiro atoms. The van der Waals surface area contributed by atoms with Crippen molar-refractivity contribution >= 4 is 27.6 Å². The van der Waals surface area contributed by atoms with Crippen LogP contribution in [0.1, 0.15) is 26.3 Å². The normalized spacial score (nSPS) is 11.0. The summed E-state index contributed by atoms with van der Waals surface area (Å²) in [5.74, 6) is -1.79. The molecule has 7 nitrogen and oxygen atoms in total. The summed E-state index contributed by atoms with van der Waals surface area (Å²) in [7, 11) is -3.83. The van der Waals surface area contributed by atoms with E-state index in [1.54, 1.807) is 24.3 Å². The quantitative estimate of drug-likeness (QED) is 0.554. The van der Waals surface area contributed by atoms with E-state index in [1.807, 2.05) is 18.2 Å². The zero-order valence-corrected chi connectivity index (χ0v) is 16.0. The van der Waals surface area contributed by atoms with E-state index in [1.165, 1.54) is 36.4 Å². The monoisotopic (exact) mass is 410 g/mol. The van der Waals surface area contributed by atoms with Gasteiger partial charge in [0.15, 0.2) is 0 Å². The van der Waals surface area contributed by atoms with Crippen LogP contribution in [0, 0.1) is 0 Å². The van der Waals surface area contributed by atoms with Gasteiger partial charge in [0.2, 0.25) is 10.0 Å². The molecule has 0 atom stereocenters. The van der Waals surface area contributed by atoms with Crippen LogP contribution in [-0.2, 0) is 16.6 Å². The number of nitrogens with one attached hydrogen (secondary N) is 2. The number of hydrogen-bond acceptors (Lipinski definition) is 4. The lowest BCUT2D eigenvalue weighted by Crippen LogP contribution is -2.23. The first-order chi connectivity index (χ1) is 13.9. The fraction of sp³-hybridized carbons (Fsp3) is 0.0476. The van der Waals surface area contributed by atoms with Gasteiger partial charge in [0.1, 0.15) is 0 Å². The van der Waals surface area contributed by atoms with Gasteiger partial charge in [-0.2, -0.15) is 0 Å². The number of carbonyl (C=O) groups is 2. The van der Waals surface area contributed by atoms with E-state index < -0.39 is 21.9 Å². The van der Waals surface area contributed by atoms with Gasteiger partial charge in [0.05, 0.1) is 16.1 Å². The molecule has 0 aromatic heterocycles. The highest BCUT2D eigenvalue weighted by molar-refractivity contribution is 7.89. The van der Waals surface area contributed by atoms with E-state index in [9.17, 15) is 23.1 Å². The zero-order chi connectivity index (χ0) is 20.9. The predicted molar refractivity (Wildman–Crippen MR) is 108 cm³/mol. The summed E-state index contributed by atoms with van der Waals surface area (Å²) in [6.07, 6.45) is 0. The van der Waals surface area contributed by atoms with Crippen molar-refractivity contribution in [2.45, 2.75) is 11.4 Å². The van der Waals surface area contributed by atoms with Crippen molar-refractivity contribution in [2.75, 3.05) is 5.32 Å². The second-order valence-corrected chi connectivity index (χ2v) is 7.91. The van der Waals surface area contributed by atoms with Gasteiger partial charge in [-0.1, -0.05) is 48.5 Å². The van der Waals surface area contributed by atoms with E-state index in [0.29, 0.717) is 0 Å². The molecule has 0 saturated heterocycles. The van der Waals surface area contributed by atoms with E-state index in [0.717, 1.165) is 5.56 Å². The van der Waals surface area contributed by atoms with Crippen molar-refractivity contribution in [3.05, 3.63) is 95.6 Å². The largest absolute Gasteiger partial charge is 0.478 e. The molecule has 0 bridgehead atoms. The van der Waals surface area contributed by atoms with Crippen LogP contribution in [0.25, 0.3) is 0 Å². The molecule has 0 radical (unpaired) electrons. The molecule has 0 heterocycles. The molecular formula is C21H18N2O5S. The average molecular weight is 410 g/mol. The highest BCUT2D eigenvalue weighted by atomic mass is 32.2. The third-order valence-corrected chi connectivity index (χ3v) is 5.52. The molecule has 0 unspecified atom stereocenters. The standard InChI is InChI=1S/C21H18N2O5S/c24-20(23-19-12-5-4-11-18(19)21(25)26)16-9-6-10-17(13-16)29(27,28)22-14-15-7-2-1-3-8-15/h1-13,22H,14H2,(H,23,24)(H,25,26). The first kappa shape index (κ1) is 20.2. The van der Waals surface area contributed by atoms with Crippen LogP contribution in [0.3, 0.4) is 0 Å². The Labute approximate surface area is 168 Å². The Morgan fingerprint density at radius 3 is 2.28 bits per heavy atom. The number of carboxylic acids is 1. The number of aromatic carboxylic acids is 1.